The average molecular weight is 199 g/mol. The standard InChI is InChI=1S/C7H7Cl.C5H12/c1-6-2-4-7(8)5-3-6;1-5(2,3)4/h2-5H,1H3;1-4H3. The molecule has 0 amide bonds. The predicted octanol–water partition coefficient (Wildman–Crippen LogP) is 4.70. The van der Waals surface area contributed by atoms with Gasteiger partial charge in [-0.3, -0.25) is 0 Å². The third-order valence-electron chi connectivity index (χ3n) is 1.01. The van der Waals surface area contributed by atoms with Crippen molar-refractivity contribution in [2.24, 2.45) is 5.41 Å². The highest BCUT2D eigenvalue weighted by molar-refractivity contribution is 6.30. The first-order chi connectivity index (χ1) is 5.79. The molecule has 0 heterocycles. The van der Waals surface area contributed by atoms with Crippen LogP contribution in [0.15, 0.2) is 24.3 Å². The zero-order chi connectivity index (χ0) is 10.5. The molecule has 0 bridgehead atoms. The minimum atomic E-state index is 0.500. The predicted molar refractivity (Wildman–Crippen MR) is 61.3 cm³/mol. The molecule has 0 saturated heterocycles. The molecule has 0 N–H and O–H groups in total. The van der Waals surface area contributed by atoms with E-state index in [2.05, 4.69) is 27.7 Å². The summed E-state index contributed by atoms with van der Waals surface area (Å²) in [7, 11) is 0. The number of rotatable bonds is 0. The number of aryl methyl sites for hydroxylation is 1. The fraction of sp³-hybridized carbons (Fsp3) is 0.500. The second-order valence-electron chi connectivity index (χ2n) is 4.80. The van der Waals surface area contributed by atoms with Crippen LogP contribution in [0, 0.1) is 12.3 Å². The van der Waals surface area contributed by atoms with Crippen molar-refractivity contribution in [2.75, 3.05) is 0 Å². The lowest BCUT2D eigenvalue weighted by Crippen LogP contribution is -1.93. The first-order valence-corrected chi connectivity index (χ1v) is 4.89. The molecule has 0 aliphatic carbocycles. The van der Waals surface area contributed by atoms with Crippen molar-refractivity contribution in [3.05, 3.63) is 34.9 Å². The Hall–Kier alpha value is -0.490. The number of halogens is 1. The molecule has 13 heavy (non-hydrogen) atoms. The highest BCUT2D eigenvalue weighted by Crippen LogP contribution is 2.08. The van der Waals surface area contributed by atoms with Crippen LogP contribution in [-0.2, 0) is 0 Å². The number of hydrogen-bond acceptors (Lipinski definition) is 0. The third kappa shape index (κ3) is 11.5. The van der Waals surface area contributed by atoms with Gasteiger partial charge < -0.3 is 0 Å². The summed E-state index contributed by atoms with van der Waals surface area (Å²) in [6.45, 7) is 10.8. The van der Waals surface area contributed by atoms with Gasteiger partial charge in [-0.15, -0.1) is 0 Å². The maximum absolute atomic E-state index is 5.61. The van der Waals surface area contributed by atoms with Gasteiger partial charge in [-0.05, 0) is 24.5 Å². The Morgan fingerprint density at radius 2 is 1.23 bits per heavy atom. The molecule has 0 aromatic heterocycles. The van der Waals surface area contributed by atoms with E-state index < -0.39 is 0 Å². The van der Waals surface area contributed by atoms with E-state index >= 15 is 0 Å². The molecule has 0 spiro atoms. The summed E-state index contributed by atoms with van der Waals surface area (Å²) in [5, 5.41) is 0.801. The second kappa shape index (κ2) is 5.29. The first kappa shape index (κ1) is 12.5. The van der Waals surface area contributed by atoms with Crippen LogP contribution in [0.4, 0.5) is 0 Å². The monoisotopic (exact) mass is 198 g/mol. The second-order valence-corrected chi connectivity index (χ2v) is 5.23. The van der Waals surface area contributed by atoms with Gasteiger partial charge >= 0.3 is 0 Å². The summed E-state index contributed by atoms with van der Waals surface area (Å²) in [4.78, 5) is 0. The minimum absolute atomic E-state index is 0.500. The summed E-state index contributed by atoms with van der Waals surface area (Å²) < 4.78 is 0. The van der Waals surface area contributed by atoms with Crippen molar-refractivity contribution in [3.63, 3.8) is 0 Å². The van der Waals surface area contributed by atoms with Crippen molar-refractivity contribution in [1.29, 1.82) is 0 Å². The SMILES string of the molecule is CC(C)(C)C.Cc1ccc(Cl)cc1. The highest BCUT2D eigenvalue weighted by Gasteiger charge is 1.95. The fourth-order valence-corrected chi connectivity index (χ4v) is 0.659. The van der Waals surface area contributed by atoms with Crippen LogP contribution in [0.2, 0.25) is 5.02 Å². The normalized spacial score (nSPS) is 10.3. The van der Waals surface area contributed by atoms with Gasteiger partial charge in [0.25, 0.3) is 0 Å². The highest BCUT2D eigenvalue weighted by atomic mass is 35.5. The van der Waals surface area contributed by atoms with E-state index in [1.165, 1.54) is 5.56 Å². The van der Waals surface area contributed by atoms with E-state index in [4.69, 9.17) is 11.6 Å². The lowest BCUT2D eigenvalue weighted by molar-refractivity contribution is 0.469. The zero-order valence-corrected chi connectivity index (χ0v) is 9.94. The fourth-order valence-electron chi connectivity index (χ4n) is 0.533. The molecule has 1 rings (SSSR count). The number of benzene rings is 1. The third-order valence-corrected chi connectivity index (χ3v) is 1.26. The summed E-state index contributed by atoms with van der Waals surface area (Å²) >= 11 is 5.61. The Balaban J connectivity index is 0.000000252. The van der Waals surface area contributed by atoms with Gasteiger partial charge in [0.05, 0.1) is 0 Å². The van der Waals surface area contributed by atoms with Gasteiger partial charge in [0.1, 0.15) is 0 Å². The number of hydrogen-bond donors (Lipinski definition) is 0. The molecule has 0 radical (unpaired) electrons. The quantitative estimate of drug-likeness (QED) is 0.567. The molecular formula is C12H19Cl. The molecule has 0 aliphatic heterocycles. The van der Waals surface area contributed by atoms with E-state index in [1.807, 2.05) is 31.2 Å². The first-order valence-electron chi connectivity index (χ1n) is 4.51. The molecule has 0 atom stereocenters. The van der Waals surface area contributed by atoms with Crippen molar-refractivity contribution in [3.8, 4) is 0 Å². The minimum Gasteiger partial charge on any atom is -0.0843 e. The van der Waals surface area contributed by atoms with Crippen LogP contribution >= 0.6 is 11.6 Å². The Morgan fingerprint density at radius 1 is 0.923 bits per heavy atom. The zero-order valence-electron chi connectivity index (χ0n) is 9.19. The summed E-state index contributed by atoms with van der Waals surface area (Å²) in [5.41, 5.74) is 1.74. The van der Waals surface area contributed by atoms with E-state index in [0.29, 0.717) is 5.41 Å². The largest absolute Gasteiger partial charge is 0.0843 e. The summed E-state index contributed by atoms with van der Waals surface area (Å²) in [5.74, 6) is 0. The Bertz CT molecular complexity index is 201. The van der Waals surface area contributed by atoms with Crippen LogP contribution in [-0.4, -0.2) is 0 Å². The van der Waals surface area contributed by atoms with Crippen molar-refractivity contribution in [2.45, 2.75) is 34.6 Å². The molecule has 0 saturated carbocycles. The van der Waals surface area contributed by atoms with Crippen LogP contribution in [0.1, 0.15) is 33.3 Å². The summed E-state index contributed by atoms with van der Waals surface area (Å²) in [6, 6.07) is 7.75. The summed E-state index contributed by atoms with van der Waals surface area (Å²) in [6.07, 6.45) is 0. The molecule has 1 heteroatoms. The van der Waals surface area contributed by atoms with E-state index in [1.54, 1.807) is 0 Å². The van der Waals surface area contributed by atoms with Gasteiger partial charge in [-0.2, -0.15) is 0 Å². The molecule has 0 unspecified atom stereocenters. The van der Waals surface area contributed by atoms with Crippen LogP contribution in [0.25, 0.3) is 0 Å². The van der Waals surface area contributed by atoms with Crippen LogP contribution < -0.4 is 0 Å². The molecule has 0 nitrogen and oxygen atoms in total. The topological polar surface area (TPSA) is 0 Å². The van der Waals surface area contributed by atoms with Crippen molar-refractivity contribution in [1.82, 2.24) is 0 Å². The smallest absolute Gasteiger partial charge is 0.0406 e. The molecule has 1 aromatic rings. The van der Waals surface area contributed by atoms with Gasteiger partial charge in [0.2, 0.25) is 0 Å². The van der Waals surface area contributed by atoms with Gasteiger partial charge in [0, 0.05) is 5.02 Å². The van der Waals surface area contributed by atoms with Gasteiger partial charge in [-0.25, -0.2) is 0 Å². The molecule has 0 aliphatic rings. The van der Waals surface area contributed by atoms with E-state index in [0.717, 1.165) is 5.02 Å². The van der Waals surface area contributed by atoms with Crippen LogP contribution in [0.3, 0.4) is 0 Å². The van der Waals surface area contributed by atoms with E-state index in [-0.39, 0.29) is 0 Å². The lowest BCUT2D eigenvalue weighted by atomic mass is 10.0. The molecule has 74 valence electrons. The lowest BCUT2D eigenvalue weighted by Gasteiger charge is -2.05. The maximum Gasteiger partial charge on any atom is 0.0406 e. The Morgan fingerprint density at radius 3 is 1.46 bits per heavy atom. The molecule has 0 fully saturated rings. The Kier molecular flexibility index (Phi) is 5.09. The maximum atomic E-state index is 5.61. The van der Waals surface area contributed by atoms with Crippen molar-refractivity contribution < 1.29 is 0 Å². The van der Waals surface area contributed by atoms with Crippen LogP contribution in [0.5, 0.6) is 0 Å². The Labute approximate surface area is 86.9 Å². The molecule has 1 aromatic carbocycles. The van der Waals surface area contributed by atoms with Gasteiger partial charge in [0.15, 0.2) is 0 Å². The molecular weight excluding hydrogens is 180 g/mol. The average Bonchev–Trinajstić information content (AvgIpc) is 1.92. The van der Waals surface area contributed by atoms with Crippen molar-refractivity contribution >= 4 is 11.6 Å². The van der Waals surface area contributed by atoms with Gasteiger partial charge in [-0.1, -0.05) is 57.0 Å². The van der Waals surface area contributed by atoms with E-state index in [9.17, 15) is 0 Å².